The lowest BCUT2D eigenvalue weighted by molar-refractivity contribution is 0.757. The van der Waals surface area contributed by atoms with Crippen molar-refractivity contribution in [2.45, 2.75) is 10.1 Å². The molecule has 20 heavy (non-hydrogen) atoms. The molecule has 0 atom stereocenters. The lowest BCUT2D eigenvalue weighted by Crippen LogP contribution is -2.04. The van der Waals surface area contributed by atoms with E-state index < -0.39 is 0 Å². The molecule has 0 radical (unpaired) electrons. The summed E-state index contributed by atoms with van der Waals surface area (Å²) in [6.45, 7) is 0. The summed E-state index contributed by atoms with van der Waals surface area (Å²) in [6.07, 6.45) is 2.90. The number of nitrogens with zero attached hydrogens (tertiary/aromatic N) is 6. The predicted molar refractivity (Wildman–Crippen MR) is 78.0 cm³/mol. The van der Waals surface area contributed by atoms with Gasteiger partial charge in [-0.15, -0.1) is 0 Å². The van der Waals surface area contributed by atoms with Crippen molar-refractivity contribution in [3.05, 3.63) is 46.7 Å². The number of benzene rings is 1. The lowest BCUT2D eigenvalue weighted by atomic mass is 10.4. The molecule has 2 aromatic heterocycles. The molecule has 0 bridgehead atoms. The number of halogens is 2. The standard InChI is InChI=1S/C11H6BrClN6S/c12-7-3-1-2-4-8(7)20-11-17-9(13)16-10(18-11)19-6-14-5-15-19/h1-6H. The molecule has 1 aromatic carbocycles. The Morgan fingerprint density at radius 3 is 2.75 bits per heavy atom. The molecule has 3 rings (SSSR count). The van der Waals surface area contributed by atoms with Crippen LogP contribution in [0.15, 0.2) is 51.4 Å². The third-order valence-electron chi connectivity index (χ3n) is 2.24. The summed E-state index contributed by atoms with van der Waals surface area (Å²) in [7, 11) is 0. The fourth-order valence-electron chi connectivity index (χ4n) is 1.41. The lowest BCUT2D eigenvalue weighted by Gasteiger charge is -2.04. The first-order valence-electron chi connectivity index (χ1n) is 5.41. The van der Waals surface area contributed by atoms with Crippen LogP contribution in [-0.4, -0.2) is 29.7 Å². The molecule has 0 aliphatic heterocycles. The van der Waals surface area contributed by atoms with Crippen molar-refractivity contribution in [3.8, 4) is 5.95 Å². The largest absolute Gasteiger partial charge is 0.257 e. The van der Waals surface area contributed by atoms with Gasteiger partial charge in [0, 0.05) is 9.37 Å². The molecule has 0 aliphatic carbocycles. The van der Waals surface area contributed by atoms with Crippen LogP contribution < -0.4 is 0 Å². The molecule has 100 valence electrons. The number of aromatic nitrogens is 6. The van der Waals surface area contributed by atoms with Crippen LogP contribution in [0.1, 0.15) is 0 Å². The maximum atomic E-state index is 5.92. The first-order chi connectivity index (χ1) is 9.72. The second-order valence-corrected chi connectivity index (χ2v) is 5.76. The monoisotopic (exact) mass is 368 g/mol. The van der Waals surface area contributed by atoms with Gasteiger partial charge in [-0.05, 0) is 51.4 Å². The van der Waals surface area contributed by atoms with Crippen LogP contribution in [0, 0.1) is 0 Å². The highest BCUT2D eigenvalue weighted by atomic mass is 79.9. The van der Waals surface area contributed by atoms with Crippen molar-refractivity contribution in [1.82, 2.24) is 29.7 Å². The van der Waals surface area contributed by atoms with E-state index in [0.717, 1.165) is 9.37 Å². The molecule has 0 unspecified atom stereocenters. The Bertz CT molecular complexity index is 736. The zero-order chi connectivity index (χ0) is 13.9. The Morgan fingerprint density at radius 1 is 1.15 bits per heavy atom. The molecule has 0 N–H and O–H groups in total. The van der Waals surface area contributed by atoms with E-state index in [1.807, 2.05) is 24.3 Å². The van der Waals surface area contributed by atoms with Crippen LogP contribution >= 0.6 is 39.3 Å². The maximum absolute atomic E-state index is 5.92. The normalized spacial score (nSPS) is 10.7. The van der Waals surface area contributed by atoms with E-state index in [9.17, 15) is 0 Å². The average Bonchev–Trinajstić information content (AvgIpc) is 2.95. The molecule has 0 saturated carbocycles. The third kappa shape index (κ3) is 2.97. The van der Waals surface area contributed by atoms with Gasteiger partial charge in [0.25, 0.3) is 5.95 Å². The van der Waals surface area contributed by atoms with E-state index in [2.05, 4.69) is 41.0 Å². The molecule has 3 aromatic rings. The maximum Gasteiger partial charge on any atom is 0.257 e. The van der Waals surface area contributed by atoms with Gasteiger partial charge in [-0.3, -0.25) is 0 Å². The second-order valence-electron chi connectivity index (χ2n) is 3.56. The number of hydrogen-bond acceptors (Lipinski definition) is 6. The van der Waals surface area contributed by atoms with E-state index in [-0.39, 0.29) is 5.28 Å². The van der Waals surface area contributed by atoms with Gasteiger partial charge in [-0.2, -0.15) is 24.7 Å². The number of rotatable bonds is 3. The van der Waals surface area contributed by atoms with Gasteiger partial charge in [-0.25, -0.2) is 4.98 Å². The molecule has 0 spiro atoms. The average molecular weight is 370 g/mol. The minimum Gasteiger partial charge on any atom is -0.223 e. The smallest absolute Gasteiger partial charge is 0.223 e. The van der Waals surface area contributed by atoms with Gasteiger partial charge in [0.2, 0.25) is 5.28 Å². The van der Waals surface area contributed by atoms with E-state index >= 15 is 0 Å². The molecule has 0 saturated heterocycles. The van der Waals surface area contributed by atoms with Crippen molar-refractivity contribution in [2.75, 3.05) is 0 Å². The highest BCUT2D eigenvalue weighted by Crippen LogP contribution is 2.31. The van der Waals surface area contributed by atoms with Crippen LogP contribution in [0.5, 0.6) is 0 Å². The quantitative estimate of drug-likeness (QED) is 0.707. The summed E-state index contributed by atoms with van der Waals surface area (Å²) in [6, 6.07) is 7.79. The molecular weight excluding hydrogens is 364 g/mol. The van der Waals surface area contributed by atoms with Gasteiger partial charge >= 0.3 is 0 Å². The molecule has 0 fully saturated rings. The molecule has 0 aliphatic rings. The minimum atomic E-state index is 0.111. The van der Waals surface area contributed by atoms with E-state index in [1.54, 1.807) is 0 Å². The summed E-state index contributed by atoms with van der Waals surface area (Å²) < 4.78 is 2.39. The SMILES string of the molecule is Clc1nc(Sc2ccccc2Br)nc(-n2cncn2)n1. The van der Waals surface area contributed by atoms with Crippen LogP contribution in [0.4, 0.5) is 0 Å². The zero-order valence-corrected chi connectivity index (χ0v) is 13.0. The Hall–Kier alpha value is -1.51. The van der Waals surface area contributed by atoms with Crippen molar-refractivity contribution >= 4 is 39.3 Å². The van der Waals surface area contributed by atoms with Crippen LogP contribution in [0.2, 0.25) is 5.28 Å². The third-order valence-corrected chi connectivity index (χ3v) is 4.30. The Kier molecular flexibility index (Phi) is 3.95. The summed E-state index contributed by atoms with van der Waals surface area (Å²) in [4.78, 5) is 17.3. The molecule has 0 amide bonds. The van der Waals surface area contributed by atoms with Crippen molar-refractivity contribution in [2.24, 2.45) is 0 Å². The van der Waals surface area contributed by atoms with E-state index in [0.29, 0.717) is 11.1 Å². The summed E-state index contributed by atoms with van der Waals surface area (Å²) in [5.74, 6) is 0.331. The van der Waals surface area contributed by atoms with Gasteiger partial charge in [-0.1, -0.05) is 12.1 Å². The van der Waals surface area contributed by atoms with Gasteiger partial charge in [0.15, 0.2) is 5.16 Å². The fraction of sp³-hybridized carbons (Fsp3) is 0. The van der Waals surface area contributed by atoms with Crippen molar-refractivity contribution in [1.29, 1.82) is 0 Å². The van der Waals surface area contributed by atoms with Gasteiger partial charge in [0.05, 0.1) is 0 Å². The van der Waals surface area contributed by atoms with E-state index in [4.69, 9.17) is 11.6 Å². The first-order valence-corrected chi connectivity index (χ1v) is 7.40. The van der Waals surface area contributed by atoms with Gasteiger partial charge in [0.1, 0.15) is 12.7 Å². The molecular formula is C11H6BrClN6S. The summed E-state index contributed by atoms with van der Waals surface area (Å²) in [5.41, 5.74) is 0. The highest BCUT2D eigenvalue weighted by molar-refractivity contribution is 9.10. The van der Waals surface area contributed by atoms with Crippen molar-refractivity contribution < 1.29 is 0 Å². The number of hydrogen-bond donors (Lipinski definition) is 0. The van der Waals surface area contributed by atoms with Crippen LogP contribution in [0.3, 0.4) is 0 Å². The first kappa shape index (κ1) is 13.5. The Balaban J connectivity index is 1.97. The second kappa shape index (κ2) is 5.86. The van der Waals surface area contributed by atoms with Gasteiger partial charge < -0.3 is 0 Å². The predicted octanol–water partition coefficient (Wildman–Crippen LogP) is 3.02. The molecule has 6 nitrogen and oxygen atoms in total. The fourth-order valence-corrected chi connectivity index (χ4v) is 2.91. The summed E-state index contributed by atoms with van der Waals surface area (Å²) in [5, 5.41) is 4.57. The van der Waals surface area contributed by atoms with E-state index in [1.165, 1.54) is 29.1 Å². The minimum absolute atomic E-state index is 0.111. The topological polar surface area (TPSA) is 69.4 Å². The van der Waals surface area contributed by atoms with Crippen molar-refractivity contribution in [3.63, 3.8) is 0 Å². The summed E-state index contributed by atoms with van der Waals surface area (Å²) >= 11 is 10.8. The molecule has 9 heteroatoms. The highest BCUT2D eigenvalue weighted by Gasteiger charge is 2.10. The van der Waals surface area contributed by atoms with Crippen LogP contribution in [-0.2, 0) is 0 Å². The Labute approximate surface area is 131 Å². The Morgan fingerprint density at radius 2 is 2.00 bits per heavy atom. The zero-order valence-electron chi connectivity index (χ0n) is 9.81. The van der Waals surface area contributed by atoms with Crippen LogP contribution in [0.25, 0.3) is 5.95 Å². The molecule has 2 heterocycles.